The van der Waals surface area contributed by atoms with Crippen LogP contribution in [-0.4, -0.2) is 21.7 Å². The Labute approximate surface area is 142 Å². The van der Waals surface area contributed by atoms with Crippen molar-refractivity contribution in [3.8, 4) is 0 Å². The van der Waals surface area contributed by atoms with Gasteiger partial charge in [0.2, 0.25) is 5.43 Å². The first-order valence-corrected chi connectivity index (χ1v) is 8.27. The Morgan fingerprint density at radius 1 is 1.08 bits per heavy atom. The maximum atomic E-state index is 11.9. The van der Waals surface area contributed by atoms with E-state index in [1.165, 1.54) is 17.3 Å². The summed E-state index contributed by atoms with van der Waals surface area (Å²) in [6.07, 6.45) is 1.40. The molecule has 0 N–H and O–H groups in total. The van der Waals surface area contributed by atoms with Crippen LogP contribution in [0.25, 0.3) is 10.9 Å². The SMILES string of the molecule is CC(C)c1ccc(CN(C)Cn2ncc(=O)c3ccccc32)cc1. The van der Waals surface area contributed by atoms with Gasteiger partial charge in [0.15, 0.2) is 0 Å². The molecule has 3 rings (SSSR count). The predicted molar refractivity (Wildman–Crippen MR) is 98.0 cm³/mol. The molecule has 0 saturated carbocycles. The van der Waals surface area contributed by atoms with Crippen LogP contribution in [0, 0.1) is 0 Å². The standard InChI is InChI=1S/C20H23N3O/c1-15(2)17-10-8-16(9-11-17)13-22(3)14-23-19-7-5-4-6-18(19)20(24)12-21-23/h4-12,15H,13-14H2,1-3H3. The van der Waals surface area contributed by atoms with E-state index in [2.05, 4.69) is 55.2 Å². The van der Waals surface area contributed by atoms with E-state index in [-0.39, 0.29) is 5.43 Å². The minimum atomic E-state index is -0.0335. The zero-order valence-electron chi connectivity index (χ0n) is 14.4. The number of para-hydroxylation sites is 1. The van der Waals surface area contributed by atoms with Crippen LogP contribution in [0.1, 0.15) is 30.9 Å². The molecule has 3 aromatic rings. The van der Waals surface area contributed by atoms with Gasteiger partial charge in [-0.3, -0.25) is 14.4 Å². The molecular formula is C20H23N3O. The molecule has 0 atom stereocenters. The third-order valence-corrected chi connectivity index (χ3v) is 4.24. The topological polar surface area (TPSA) is 38.1 Å². The maximum absolute atomic E-state index is 11.9. The molecule has 0 aliphatic heterocycles. The Morgan fingerprint density at radius 3 is 2.50 bits per heavy atom. The first-order valence-electron chi connectivity index (χ1n) is 8.27. The van der Waals surface area contributed by atoms with Crippen molar-refractivity contribution in [3.63, 3.8) is 0 Å². The summed E-state index contributed by atoms with van der Waals surface area (Å²) in [6.45, 7) is 5.87. The normalized spacial score (nSPS) is 11.5. The van der Waals surface area contributed by atoms with Crippen LogP contribution >= 0.6 is 0 Å². The van der Waals surface area contributed by atoms with Crippen molar-refractivity contribution in [1.82, 2.24) is 14.7 Å². The Morgan fingerprint density at radius 2 is 1.79 bits per heavy atom. The molecule has 0 spiro atoms. The lowest BCUT2D eigenvalue weighted by Gasteiger charge is -2.19. The van der Waals surface area contributed by atoms with Crippen LogP contribution in [0.15, 0.2) is 59.5 Å². The van der Waals surface area contributed by atoms with E-state index in [1.54, 1.807) is 0 Å². The molecule has 124 valence electrons. The molecule has 24 heavy (non-hydrogen) atoms. The van der Waals surface area contributed by atoms with Gasteiger partial charge in [-0.25, -0.2) is 0 Å². The molecule has 0 radical (unpaired) electrons. The fourth-order valence-corrected chi connectivity index (χ4v) is 2.87. The van der Waals surface area contributed by atoms with E-state index >= 15 is 0 Å². The number of aromatic nitrogens is 2. The lowest BCUT2D eigenvalue weighted by atomic mass is 10.0. The quantitative estimate of drug-likeness (QED) is 0.720. The average Bonchev–Trinajstić information content (AvgIpc) is 2.58. The molecular weight excluding hydrogens is 298 g/mol. The van der Waals surface area contributed by atoms with Crippen LogP contribution in [0.4, 0.5) is 0 Å². The lowest BCUT2D eigenvalue weighted by molar-refractivity contribution is 0.249. The van der Waals surface area contributed by atoms with Crippen LogP contribution in [-0.2, 0) is 13.2 Å². The summed E-state index contributed by atoms with van der Waals surface area (Å²) in [5.41, 5.74) is 3.46. The van der Waals surface area contributed by atoms with E-state index in [0.29, 0.717) is 18.0 Å². The molecule has 0 bridgehead atoms. The van der Waals surface area contributed by atoms with Gasteiger partial charge in [-0.1, -0.05) is 50.2 Å². The second-order valence-electron chi connectivity index (χ2n) is 6.58. The third kappa shape index (κ3) is 3.54. The minimum absolute atomic E-state index is 0.0335. The molecule has 0 saturated heterocycles. The van der Waals surface area contributed by atoms with Gasteiger partial charge in [0, 0.05) is 11.9 Å². The van der Waals surface area contributed by atoms with Crippen molar-refractivity contribution >= 4 is 10.9 Å². The zero-order valence-corrected chi connectivity index (χ0v) is 14.4. The molecule has 0 fully saturated rings. The molecule has 4 heteroatoms. The summed E-state index contributed by atoms with van der Waals surface area (Å²) in [4.78, 5) is 14.1. The van der Waals surface area contributed by atoms with Crippen molar-refractivity contribution in [2.45, 2.75) is 33.0 Å². The lowest BCUT2D eigenvalue weighted by Crippen LogP contribution is -2.24. The summed E-state index contributed by atoms with van der Waals surface area (Å²) in [5.74, 6) is 0.550. The summed E-state index contributed by atoms with van der Waals surface area (Å²) < 4.78 is 1.87. The van der Waals surface area contributed by atoms with Crippen molar-refractivity contribution in [1.29, 1.82) is 0 Å². The molecule has 0 aliphatic carbocycles. The zero-order chi connectivity index (χ0) is 17.1. The van der Waals surface area contributed by atoms with Crippen molar-refractivity contribution < 1.29 is 0 Å². The van der Waals surface area contributed by atoms with Gasteiger partial charge >= 0.3 is 0 Å². The fraction of sp³-hybridized carbons (Fsp3) is 0.300. The summed E-state index contributed by atoms with van der Waals surface area (Å²) in [7, 11) is 2.06. The van der Waals surface area contributed by atoms with Crippen LogP contribution in [0.2, 0.25) is 0 Å². The van der Waals surface area contributed by atoms with Crippen LogP contribution in [0.3, 0.4) is 0 Å². The van der Waals surface area contributed by atoms with Gasteiger partial charge in [0.1, 0.15) is 0 Å². The van der Waals surface area contributed by atoms with E-state index in [4.69, 9.17) is 0 Å². The highest BCUT2D eigenvalue weighted by Crippen LogP contribution is 2.16. The first kappa shape index (κ1) is 16.4. The Balaban J connectivity index is 1.77. The maximum Gasteiger partial charge on any atom is 0.207 e. The third-order valence-electron chi connectivity index (χ3n) is 4.24. The van der Waals surface area contributed by atoms with Gasteiger partial charge in [-0.05, 0) is 36.2 Å². The second kappa shape index (κ2) is 6.97. The number of fused-ring (bicyclic) bond motifs is 1. The predicted octanol–water partition coefficient (Wildman–Crippen LogP) is 3.61. The van der Waals surface area contributed by atoms with Crippen molar-refractivity contribution in [3.05, 3.63) is 76.1 Å². The van der Waals surface area contributed by atoms with E-state index in [1.807, 2.05) is 28.9 Å². The summed E-state index contributed by atoms with van der Waals surface area (Å²) >= 11 is 0. The summed E-state index contributed by atoms with van der Waals surface area (Å²) in [6, 6.07) is 16.4. The van der Waals surface area contributed by atoms with E-state index in [9.17, 15) is 4.79 Å². The minimum Gasteiger partial charge on any atom is -0.287 e. The number of rotatable bonds is 5. The fourth-order valence-electron chi connectivity index (χ4n) is 2.87. The molecule has 0 aliphatic rings. The molecule has 0 amide bonds. The molecule has 2 aromatic carbocycles. The first-order chi connectivity index (χ1) is 11.5. The number of hydrogen-bond acceptors (Lipinski definition) is 3. The van der Waals surface area contributed by atoms with Gasteiger partial charge < -0.3 is 0 Å². The van der Waals surface area contributed by atoms with E-state index in [0.717, 1.165) is 12.1 Å². The Kier molecular flexibility index (Phi) is 4.76. The monoisotopic (exact) mass is 321 g/mol. The van der Waals surface area contributed by atoms with Crippen LogP contribution < -0.4 is 5.43 Å². The highest BCUT2D eigenvalue weighted by atomic mass is 16.1. The van der Waals surface area contributed by atoms with Crippen molar-refractivity contribution in [2.75, 3.05) is 7.05 Å². The molecule has 1 heterocycles. The second-order valence-corrected chi connectivity index (χ2v) is 6.58. The van der Waals surface area contributed by atoms with Crippen LogP contribution in [0.5, 0.6) is 0 Å². The summed E-state index contributed by atoms with van der Waals surface area (Å²) in [5, 5.41) is 5.00. The molecule has 4 nitrogen and oxygen atoms in total. The highest BCUT2D eigenvalue weighted by Gasteiger charge is 2.07. The van der Waals surface area contributed by atoms with Gasteiger partial charge in [-0.15, -0.1) is 0 Å². The molecule has 0 unspecified atom stereocenters. The number of nitrogens with zero attached hydrogens (tertiary/aromatic N) is 3. The Hall–Kier alpha value is -2.46. The smallest absolute Gasteiger partial charge is 0.207 e. The largest absolute Gasteiger partial charge is 0.287 e. The average molecular weight is 321 g/mol. The molecule has 1 aromatic heterocycles. The van der Waals surface area contributed by atoms with E-state index < -0.39 is 0 Å². The van der Waals surface area contributed by atoms with Gasteiger partial charge in [0.25, 0.3) is 0 Å². The Bertz CT molecular complexity index is 881. The van der Waals surface area contributed by atoms with Gasteiger partial charge in [0.05, 0.1) is 18.4 Å². The van der Waals surface area contributed by atoms with Gasteiger partial charge in [-0.2, -0.15) is 5.10 Å². The number of hydrogen-bond donors (Lipinski definition) is 0. The van der Waals surface area contributed by atoms with Crippen molar-refractivity contribution in [2.24, 2.45) is 0 Å². The highest BCUT2D eigenvalue weighted by molar-refractivity contribution is 5.77. The number of benzene rings is 2.